The molecule has 5 heteroatoms. The Kier molecular flexibility index (Phi) is 4.87. The molecule has 0 bridgehead atoms. The molecule has 2 aromatic rings. The lowest BCUT2D eigenvalue weighted by molar-refractivity contribution is 0.201. The topological polar surface area (TPSA) is 15.3 Å². The van der Waals surface area contributed by atoms with Crippen LogP contribution in [0.25, 0.3) is 0 Å². The number of rotatable bonds is 3. The summed E-state index contributed by atoms with van der Waals surface area (Å²) in [7, 11) is 0. The van der Waals surface area contributed by atoms with Crippen molar-refractivity contribution in [1.82, 2.24) is 10.2 Å². The van der Waals surface area contributed by atoms with Gasteiger partial charge in [-0.05, 0) is 30.7 Å². The summed E-state index contributed by atoms with van der Waals surface area (Å²) in [5.41, 5.74) is 1.10. The van der Waals surface area contributed by atoms with Gasteiger partial charge in [-0.1, -0.05) is 35.3 Å². The molecular weight excluding hydrogens is 323 g/mol. The number of aryl methyl sites for hydroxylation is 1. The fourth-order valence-electron chi connectivity index (χ4n) is 2.80. The van der Waals surface area contributed by atoms with Gasteiger partial charge in [0.05, 0.1) is 16.1 Å². The van der Waals surface area contributed by atoms with E-state index in [0.29, 0.717) is 10.0 Å². The lowest BCUT2D eigenvalue weighted by Crippen LogP contribution is -2.45. The predicted octanol–water partition coefficient (Wildman–Crippen LogP) is 4.36. The molecule has 112 valence electrons. The van der Waals surface area contributed by atoms with Gasteiger partial charge in [0.1, 0.15) is 0 Å². The number of benzene rings is 1. The van der Waals surface area contributed by atoms with E-state index in [1.807, 2.05) is 23.5 Å². The van der Waals surface area contributed by atoms with Crippen molar-refractivity contribution >= 4 is 34.5 Å². The third kappa shape index (κ3) is 3.27. The molecule has 0 radical (unpaired) electrons. The number of piperazine rings is 1. The molecule has 1 aromatic carbocycles. The molecule has 1 aromatic heterocycles. The minimum absolute atomic E-state index is 0.192. The van der Waals surface area contributed by atoms with E-state index in [1.165, 1.54) is 9.75 Å². The SMILES string of the molecule is Cc1ccc(C(c2cccc(Cl)c2Cl)N2CCNCC2)s1. The highest BCUT2D eigenvalue weighted by molar-refractivity contribution is 7.12. The van der Waals surface area contributed by atoms with Gasteiger partial charge in [-0.3, -0.25) is 4.90 Å². The molecule has 0 spiro atoms. The fourth-order valence-corrected chi connectivity index (χ4v) is 4.25. The molecule has 1 N–H and O–H groups in total. The molecule has 21 heavy (non-hydrogen) atoms. The molecule has 2 nitrogen and oxygen atoms in total. The van der Waals surface area contributed by atoms with Crippen LogP contribution in [0.5, 0.6) is 0 Å². The van der Waals surface area contributed by atoms with Gasteiger partial charge in [0.2, 0.25) is 0 Å². The summed E-state index contributed by atoms with van der Waals surface area (Å²) in [6.45, 7) is 6.20. The predicted molar refractivity (Wildman–Crippen MR) is 91.8 cm³/mol. The number of nitrogens with zero attached hydrogens (tertiary/aromatic N) is 1. The molecule has 1 aliphatic heterocycles. The number of thiophene rings is 1. The van der Waals surface area contributed by atoms with Crippen molar-refractivity contribution in [3.8, 4) is 0 Å². The van der Waals surface area contributed by atoms with Gasteiger partial charge in [-0.25, -0.2) is 0 Å². The Balaban J connectivity index is 2.04. The minimum Gasteiger partial charge on any atom is -0.314 e. The summed E-state index contributed by atoms with van der Waals surface area (Å²) in [6, 6.07) is 10.5. The van der Waals surface area contributed by atoms with Crippen LogP contribution >= 0.6 is 34.5 Å². The average molecular weight is 341 g/mol. The molecule has 3 rings (SSSR count). The second kappa shape index (κ2) is 6.67. The Hall–Kier alpha value is -0.580. The van der Waals surface area contributed by atoms with Crippen LogP contribution in [0.3, 0.4) is 0 Å². The molecule has 1 aliphatic rings. The maximum Gasteiger partial charge on any atom is 0.0712 e. The summed E-state index contributed by atoms with van der Waals surface area (Å²) in [6.07, 6.45) is 0. The Morgan fingerprint density at radius 1 is 1.14 bits per heavy atom. The maximum atomic E-state index is 6.49. The van der Waals surface area contributed by atoms with E-state index in [0.717, 1.165) is 31.7 Å². The fraction of sp³-hybridized carbons (Fsp3) is 0.375. The molecular formula is C16H18Cl2N2S. The summed E-state index contributed by atoms with van der Waals surface area (Å²) < 4.78 is 0. The summed E-state index contributed by atoms with van der Waals surface area (Å²) in [5, 5.41) is 4.71. The van der Waals surface area contributed by atoms with E-state index >= 15 is 0 Å². The van der Waals surface area contributed by atoms with Crippen LogP contribution < -0.4 is 5.32 Å². The van der Waals surface area contributed by atoms with Gasteiger partial charge in [0.25, 0.3) is 0 Å². The van der Waals surface area contributed by atoms with Crippen molar-refractivity contribution in [1.29, 1.82) is 0 Å². The monoisotopic (exact) mass is 340 g/mol. The van der Waals surface area contributed by atoms with Gasteiger partial charge in [0, 0.05) is 35.9 Å². The van der Waals surface area contributed by atoms with Crippen molar-refractivity contribution in [2.75, 3.05) is 26.2 Å². The first-order chi connectivity index (χ1) is 10.2. The Morgan fingerprint density at radius 3 is 2.57 bits per heavy atom. The van der Waals surface area contributed by atoms with Crippen LogP contribution in [0.4, 0.5) is 0 Å². The van der Waals surface area contributed by atoms with E-state index in [9.17, 15) is 0 Å². The van der Waals surface area contributed by atoms with Crippen molar-refractivity contribution in [3.05, 3.63) is 55.7 Å². The number of halogens is 2. The molecule has 2 heterocycles. The molecule has 1 fully saturated rings. The van der Waals surface area contributed by atoms with Gasteiger partial charge in [-0.2, -0.15) is 0 Å². The van der Waals surface area contributed by atoms with Gasteiger partial charge >= 0.3 is 0 Å². The normalized spacial score (nSPS) is 17.9. The highest BCUT2D eigenvalue weighted by Gasteiger charge is 2.27. The standard InChI is InChI=1S/C16H18Cl2N2S/c1-11-5-6-14(21-11)16(20-9-7-19-8-10-20)12-3-2-4-13(17)15(12)18/h2-6,16,19H,7-10H2,1H3. The lowest BCUT2D eigenvalue weighted by Gasteiger charge is -2.35. The highest BCUT2D eigenvalue weighted by atomic mass is 35.5. The summed E-state index contributed by atoms with van der Waals surface area (Å²) >= 11 is 14.6. The smallest absolute Gasteiger partial charge is 0.0712 e. The summed E-state index contributed by atoms with van der Waals surface area (Å²) in [4.78, 5) is 5.14. The summed E-state index contributed by atoms with van der Waals surface area (Å²) in [5.74, 6) is 0. The lowest BCUT2D eigenvalue weighted by atomic mass is 10.0. The molecule has 1 unspecified atom stereocenters. The zero-order valence-corrected chi connectivity index (χ0v) is 14.2. The molecule has 1 atom stereocenters. The zero-order chi connectivity index (χ0) is 14.8. The van der Waals surface area contributed by atoms with E-state index in [2.05, 4.69) is 35.3 Å². The van der Waals surface area contributed by atoms with E-state index in [1.54, 1.807) is 0 Å². The largest absolute Gasteiger partial charge is 0.314 e. The Bertz CT molecular complexity index is 620. The van der Waals surface area contributed by atoms with E-state index in [-0.39, 0.29) is 6.04 Å². The average Bonchev–Trinajstić information content (AvgIpc) is 2.91. The molecule has 0 amide bonds. The van der Waals surface area contributed by atoms with Crippen LogP contribution in [-0.4, -0.2) is 31.1 Å². The van der Waals surface area contributed by atoms with E-state index < -0.39 is 0 Å². The minimum atomic E-state index is 0.192. The quantitative estimate of drug-likeness (QED) is 0.892. The third-order valence-corrected chi connectivity index (χ3v) is 5.71. The number of hydrogen-bond donors (Lipinski definition) is 1. The van der Waals surface area contributed by atoms with Crippen LogP contribution in [0.1, 0.15) is 21.4 Å². The second-order valence-corrected chi connectivity index (χ2v) is 7.38. The first-order valence-electron chi connectivity index (χ1n) is 7.12. The highest BCUT2D eigenvalue weighted by Crippen LogP contribution is 2.39. The number of nitrogens with one attached hydrogen (secondary N) is 1. The van der Waals surface area contributed by atoms with E-state index in [4.69, 9.17) is 23.2 Å². The van der Waals surface area contributed by atoms with Crippen LogP contribution in [0.15, 0.2) is 30.3 Å². The van der Waals surface area contributed by atoms with Crippen molar-refractivity contribution in [2.24, 2.45) is 0 Å². The Labute approximate surface area is 139 Å². The maximum absolute atomic E-state index is 6.49. The van der Waals surface area contributed by atoms with Crippen molar-refractivity contribution in [3.63, 3.8) is 0 Å². The zero-order valence-electron chi connectivity index (χ0n) is 11.9. The first-order valence-corrected chi connectivity index (χ1v) is 8.69. The van der Waals surface area contributed by atoms with Gasteiger partial charge in [-0.15, -0.1) is 11.3 Å². The van der Waals surface area contributed by atoms with Crippen molar-refractivity contribution < 1.29 is 0 Å². The Morgan fingerprint density at radius 2 is 1.90 bits per heavy atom. The van der Waals surface area contributed by atoms with Crippen molar-refractivity contribution in [2.45, 2.75) is 13.0 Å². The third-order valence-electron chi connectivity index (χ3n) is 3.82. The van der Waals surface area contributed by atoms with Gasteiger partial charge in [0.15, 0.2) is 0 Å². The van der Waals surface area contributed by atoms with Crippen LogP contribution in [-0.2, 0) is 0 Å². The molecule has 0 saturated carbocycles. The van der Waals surface area contributed by atoms with Gasteiger partial charge < -0.3 is 5.32 Å². The van der Waals surface area contributed by atoms with Crippen LogP contribution in [0.2, 0.25) is 10.0 Å². The second-order valence-electron chi connectivity index (χ2n) is 5.28. The number of hydrogen-bond acceptors (Lipinski definition) is 3. The molecule has 0 aliphatic carbocycles. The first kappa shape index (κ1) is 15.3. The molecule has 1 saturated heterocycles. The van der Waals surface area contributed by atoms with Crippen LogP contribution in [0, 0.1) is 6.92 Å².